The van der Waals surface area contributed by atoms with Crippen LogP contribution in [0.15, 0.2) is 23.4 Å². The average Bonchev–Trinajstić information content (AvgIpc) is 2.92. The molecule has 0 spiro atoms. The molecular formula is C11H11N5S2. The van der Waals surface area contributed by atoms with Gasteiger partial charge in [0.05, 0.1) is 11.0 Å². The normalized spacial score (nSPS) is 11.2. The van der Waals surface area contributed by atoms with Gasteiger partial charge in [-0.15, -0.1) is 5.10 Å². The van der Waals surface area contributed by atoms with Gasteiger partial charge in [-0.3, -0.25) is 0 Å². The summed E-state index contributed by atoms with van der Waals surface area (Å²) >= 11 is 2.80. The second-order valence-electron chi connectivity index (χ2n) is 3.94. The number of anilines is 1. The monoisotopic (exact) mass is 277 g/mol. The van der Waals surface area contributed by atoms with Crippen molar-refractivity contribution in [3.8, 4) is 0 Å². The molecule has 2 aromatic heterocycles. The minimum Gasteiger partial charge on any atom is -0.388 e. The number of aromatic nitrogens is 4. The zero-order chi connectivity index (χ0) is 12.5. The van der Waals surface area contributed by atoms with Crippen LogP contribution in [-0.2, 0) is 5.75 Å². The van der Waals surface area contributed by atoms with E-state index < -0.39 is 0 Å². The van der Waals surface area contributed by atoms with E-state index in [0.717, 1.165) is 21.9 Å². The van der Waals surface area contributed by atoms with Crippen LogP contribution in [0.1, 0.15) is 11.3 Å². The highest BCUT2D eigenvalue weighted by Gasteiger charge is 2.08. The number of rotatable bonds is 3. The van der Waals surface area contributed by atoms with Crippen molar-refractivity contribution in [2.45, 2.75) is 17.8 Å². The van der Waals surface area contributed by atoms with Crippen molar-refractivity contribution < 1.29 is 0 Å². The third-order valence-corrected chi connectivity index (χ3v) is 4.03. The minimum atomic E-state index is 0.675. The molecular weight excluding hydrogens is 266 g/mol. The van der Waals surface area contributed by atoms with Gasteiger partial charge in [-0.05, 0) is 24.6 Å². The number of nitrogens with zero attached hydrogens (tertiary/aromatic N) is 3. The quantitative estimate of drug-likeness (QED) is 0.719. The molecule has 0 unspecified atom stereocenters. The van der Waals surface area contributed by atoms with E-state index in [9.17, 15) is 0 Å². The van der Waals surface area contributed by atoms with Gasteiger partial charge in [-0.25, -0.2) is 4.98 Å². The zero-order valence-corrected chi connectivity index (χ0v) is 11.3. The van der Waals surface area contributed by atoms with Crippen molar-refractivity contribution in [2.75, 3.05) is 5.73 Å². The van der Waals surface area contributed by atoms with Crippen molar-refractivity contribution in [1.29, 1.82) is 0 Å². The van der Waals surface area contributed by atoms with E-state index in [2.05, 4.69) is 38.6 Å². The summed E-state index contributed by atoms with van der Waals surface area (Å²) in [5.41, 5.74) is 9.82. The minimum absolute atomic E-state index is 0.675. The van der Waals surface area contributed by atoms with Gasteiger partial charge < -0.3 is 10.7 Å². The average molecular weight is 277 g/mol. The Balaban J connectivity index is 1.81. The molecule has 0 fully saturated rings. The summed E-state index contributed by atoms with van der Waals surface area (Å²) in [6, 6.07) is 6.16. The number of nitrogen functional groups attached to an aromatic ring is 1. The Bertz CT molecular complexity index is 688. The number of hydrogen-bond donors (Lipinski definition) is 2. The molecule has 2 heterocycles. The molecule has 0 amide bonds. The molecule has 0 saturated carbocycles. The standard InChI is InChI=1S/C11H11N5S2/c1-6-2-3-7-8(4-6)14-11(13-7)17-5-9-10(12)18-16-15-9/h2-4H,5,12H2,1H3,(H,13,14). The van der Waals surface area contributed by atoms with E-state index in [1.54, 1.807) is 11.8 Å². The van der Waals surface area contributed by atoms with Gasteiger partial charge >= 0.3 is 0 Å². The molecule has 1 aromatic carbocycles. The van der Waals surface area contributed by atoms with Gasteiger partial charge in [0.2, 0.25) is 0 Å². The van der Waals surface area contributed by atoms with Crippen LogP contribution in [-0.4, -0.2) is 19.6 Å². The lowest BCUT2D eigenvalue weighted by Crippen LogP contribution is -1.89. The van der Waals surface area contributed by atoms with Crippen LogP contribution in [0, 0.1) is 6.92 Å². The molecule has 18 heavy (non-hydrogen) atoms. The predicted molar refractivity (Wildman–Crippen MR) is 74.7 cm³/mol. The van der Waals surface area contributed by atoms with Crippen LogP contribution >= 0.6 is 23.3 Å². The zero-order valence-electron chi connectivity index (χ0n) is 9.67. The van der Waals surface area contributed by atoms with E-state index >= 15 is 0 Å². The van der Waals surface area contributed by atoms with Crippen molar-refractivity contribution in [1.82, 2.24) is 19.6 Å². The number of nitrogens with two attached hydrogens (primary N) is 1. The van der Waals surface area contributed by atoms with Gasteiger partial charge in [0, 0.05) is 17.3 Å². The first-order chi connectivity index (χ1) is 8.72. The lowest BCUT2D eigenvalue weighted by atomic mass is 10.2. The summed E-state index contributed by atoms with van der Waals surface area (Å²) in [6.45, 7) is 2.06. The van der Waals surface area contributed by atoms with Gasteiger partial charge in [0.15, 0.2) is 5.16 Å². The maximum absolute atomic E-state index is 5.75. The molecule has 0 saturated heterocycles. The molecule has 7 heteroatoms. The van der Waals surface area contributed by atoms with Crippen molar-refractivity contribution in [2.24, 2.45) is 0 Å². The summed E-state index contributed by atoms with van der Waals surface area (Å²) in [5, 5.41) is 5.53. The van der Waals surface area contributed by atoms with Crippen LogP contribution in [0.5, 0.6) is 0 Å². The van der Waals surface area contributed by atoms with Gasteiger partial charge in [0.1, 0.15) is 10.7 Å². The van der Waals surface area contributed by atoms with E-state index in [1.165, 1.54) is 17.1 Å². The number of thioether (sulfide) groups is 1. The van der Waals surface area contributed by atoms with Gasteiger partial charge in [-0.2, -0.15) is 0 Å². The van der Waals surface area contributed by atoms with E-state index in [1.807, 2.05) is 6.07 Å². The summed E-state index contributed by atoms with van der Waals surface area (Å²) in [7, 11) is 0. The van der Waals surface area contributed by atoms with E-state index in [4.69, 9.17) is 5.73 Å². The third kappa shape index (κ3) is 2.19. The molecule has 3 N–H and O–H groups in total. The van der Waals surface area contributed by atoms with Gasteiger partial charge in [-0.1, -0.05) is 22.3 Å². The summed E-state index contributed by atoms with van der Waals surface area (Å²) in [6.07, 6.45) is 0. The summed E-state index contributed by atoms with van der Waals surface area (Å²) < 4.78 is 3.81. The summed E-state index contributed by atoms with van der Waals surface area (Å²) in [5.74, 6) is 0.682. The molecule has 0 aliphatic heterocycles. The van der Waals surface area contributed by atoms with Crippen LogP contribution in [0.2, 0.25) is 0 Å². The van der Waals surface area contributed by atoms with Gasteiger partial charge in [0.25, 0.3) is 0 Å². The first-order valence-electron chi connectivity index (χ1n) is 5.38. The number of nitrogens with one attached hydrogen (secondary N) is 1. The fraction of sp³-hybridized carbons (Fsp3) is 0.182. The van der Waals surface area contributed by atoms with Crippen LogP contribution in [0.25, 0.3) is 11.0 Å². The number of aromatic amines is 1. The largest absolute Gasteiger partial charge is 0.388 e. The maximum Gasteiger partial charge on any atom is 0.166 e. The fourth-order valence-electron chi connectivity index (χ4n) is 1.62. The SMILES string of the molecule is Cc1ccc2nc(SCc3nnsc3N)[nH]c2c1. The molecule has 92 valence electrons. The van der Waals surface area contributed by atoms with Crippen molar-refractivity contribution in [3.63, 3.8) is 0 Å². The second-order valence-corrected chi connectivity index (χ2v) is 5.68. The smallest absolute Gasteiger partial charge is 0.166 e. The molecule has 3 aromatic rings. The number of imidazole rings is 1. The Morgan fingerprint density at radius 3 is 3.11 bits per heavy atom. The number of fused-ring (bicyclic) bond motifs is 1. The Kier molecular flexibility index (Phi) is 2.92. The molecule has 0 bridgehead atoms. The highest BCUT2D eigenvalue weighted by atomic mass is 32.2. The van der Waals surface area contributed by atoms with Crippen molar-refractivity contribution >= 4 is 39.3 Å². The number of hydrogen-bond acceptors (Lipinski definition) is 6. The molecule has 5 nitrogen and oxygen atoms in total. The number of H-pyrrole nitrogens is 1. The van der Waals surface area contributed by atoms with E-state index in [0.29, 0.717) is 10.8 Å². The second kappa shape index (κ2) is 4.58. The van der Waals surface area contributed by atoms with Crippen molar-refractivity contribution in [3.05, 3.63) is 29.5 Å². The molecule has 0 atom stereocenters. The van der Waals surface area contributed by atoms with Crippen LogP contribution in [0.4, 0.5) is 5.00 Å². The maximum atomic E-state index is 5.75. The fourth-order valence-corrected chi connectivity index (χ4v) is 2.99. The predicted octanol–water partition coefficient (Wildman–Crippen LogP) is 2.60. The molecule has 3 rings (SSSR count). The number of benzene rings is 1. The Hall–Kier alpha value is -1.60. The molecule has 0 radical (unpaired) electrons. The summed E-state index contributed by atoms with van der Waals surface area (Å²) in [4.78, 5) is 7.79. The third-order valence-electron chi connectivity index (χ3n) is 2.55. The molecule has 0 aliphatic rings. The Morgan fingerprint density at radius 1 is 1.44 bits per heavy atom. The van der Waals surface area contributed by atoms with Crippen LogP contribution < -0.4 is 5.73 Å². The number of aryl methyl sites for hydroxylation is 1. The van der Waals surface area contributed by atoms with Crippen LogP contribution in [0.3, 0.4) is 0 Å². The van der Waals surface area contributed by atoms with E-state index in [-0.39, 0.29) is 0 Å². The lowest BCUT2D eigenvalue weighted by Gasteiger charge is -1.94. The highest BCUT2D eigenvalue weighted by molar-refractivity contribution is 7.98. The molecule has 0 aliphatic carbocycles. The Morgan fingerprint density at radius 2 is 2.33 bits per heavy atom. The first-order valence-corrected chi connectivity index (χ1v) is 7.14. The Labute approximate surface area is 112 Å². The topological polar surface area (TPSA) is 80.5 Å². The highest BCUT2D eigenvalue weighted by Crippen LogP contribution is 2.25. The first kappa shape index (κ1) is 11.5. The lowest BCUT2D eigenvalue weighted by molar-refractivity contribution is 1.05.